The fraction of sp³-hybridized carbons (Fsp3) is 0.538. The number of nitrogens with zero attached hydrogens (tertiary/aromatic N) is 1. The number of non-ortho nitro benzene ring substituents is 1. The Labute approximate surface area is 123 Å². The molecule has 0 amide bonds. The van der Waals surface area contributed by atoms with E-state index in [-0.39, 0.29) is 18.0 Å². The number of benzene rings is 1. The Morgan fingerprint density at radius 3 is 2.48 bits per heavy atom. The lowest BCUT2D eigenvalue weighted by molar-refractivity contribution is -0.384. The highest BCUT2D eigenvalue weighted by molar-refractivity contribution is 7.92. The van der Waals surface area contributed by atoms with E-state index in [2.05, 4.69) is 10.6 Å². The van der Waals surface area contributed by atoms with Crippen molar-refractivity contribution in [3.8, 4) is 0 Å². The first kappa shape index (κ1) is 15.6. The van der Waals surface area contributed by atoms with E-state index >= 15 is 0 Å². The van der Waals surface area contributed by atoms with Crippen LogP contribution in [-0.2, 0) is 9.84 Å². The van der Waals surface area contributed by atoms with Crippen molar-refractivity contribution in [3.05, 3.63) is 28.3 Å². The molecule has 1 atom stereocenters. The fourth-order valence-electron chi connectivity index (χ4n) is 2.44. The molecule has 1 heterocycles. The van der Waals surface area contributed by atoms with Crippen LogP contribution in [0.2, 0.25) is 0 Å². The van der Waals surface area contributed by atoms with Crippen LogP contribution in [0.15, 0.2) is 18.2 Å². The molecule has 0 aromatic heterocycles. The zero-order valence-corrected chi connectivity index (χ0v) is 12.6. The van der Waals surface area contributed by atoms with Crippen LogP contribution in [0, 0.1) is 10.1 Å². The Morgan fingerprint density at radius 2 is 1.95 bits per heavy atom. The second-order valence-corrected chi connectivity index (χ2v) is 7.47. The quantitative estimate of drug-likeness (QED) is 0.615. The molecule has 2 N–H and O–H groups in total. The summed E-state index contributed by atoms with van der Waals surface area (Å²) in [4.78, 5) is 10.5. The minimum atomic E-state index is -3.02. The zero-order valence-electron chi connectivity index (χ0n) is 11.8. The van der Waals surface area contributed by atoms with Crippen molar-refractivity contribution in [2.45, 2.75) is 25.0 Å². The molecule has 1 saturated heterocycles. The lowest BCUT2D eigenvalue weighted by Crippen LogP contribution is -2.25. The first-order valence-corrected chi connectivity index (χ1v) is 8.62. The summed E-state index contributed by atoms with van der Waals surface area (Å²) in [6.45, 7) is 2.84. The minimum absolute atomic E-state index is 0.0229. The third kappa shape index (κ3) is 3.84. The Balaban J connectivity index is 2.13. The molecule has 0 spiro atoms. The normalized spacial score (nSPS) is 20.1. The van der Waals surface area contributed by atoms with Crippen LogP contribution >= 0.6 is 0 Å². The zero-order chi connectivity index (χ0) is 15.5. The van der Waals surface area contributed by atoms with E-state index in [0.29, 0.717) is 30.8 Å². The molecule has 0 saturated carbocycles. The average Bonchev–Trinajstić information content (AvgIpc) is 2.75. The van der Waals surface area contributed by atoms with Crippen molar-refractivity contribution in [2.24, 2.45) is 0 Å². The molecule has 1 aromatic carbocycles. The lowest BCUT2D eigenvalue weighted by Gasteiger charge is -2.13. The van der Waals surface area contributed by atoms with Gasteiger partial charge in [-0.1, -0.05) is 0 Å². The van der Waals surface area contributed by atoms with Crippen molar-refractivity contribution < 1.29 is 13.3 Å². The van der Waals surface area contributed by atoms with Crippen LogP contribution in [0.5, 0.6) is 0 Å². The highest BCUT2D eigenvalue weighted by Crippen LogP contribution is 2.26. The molecule has 0 aliphatic carbocycles. The van der Waals surface area contributed by atoms with Gasteiger partial charge in [-0.25, -0.2) is 8.42 Å². The predicted molar refractivity (Wildman–Crippen MR) is 82.6 cm³/mol. The summed E-state index contributed by atoms with van der Waals surface area (Å²) in [5, 5.41) is 16.6. The molecule has 1 aromatic rings. The Bertz CT molecular complexity index is 630. The number of rotatable bonds is 6. The van der Waals surface area contributed by atoms with Gasteiger partial charge >= 0.3 is 0 Å². The summed E-state index contributed by atoms with van der Waals surface area (Å²) in [5.41, 5.74) is 1.18. The number of hydrogen-bond donors (Lipinski definition) is 2. The van der Waals surface area contributed by atoms with E-state index in [9.17, 15) is 18.5 Å². The van der Waals surface area contributed by atoms with Crippen LogP contribution in [0.4, 0.5) is 17.1 Å². The third-order valence-electron chi connectivity index (χ3n) is 3.51. The molecule has 8 heteroatoms. The van der Waals surface area contributed by atoms with Crippen molar-refractivity contribution in [2.75, 3.05) is 29.5 Å². The molecule has 0 radical (unpaired) electrons. The largest absolute Gasteiger partial charge is 0.385 e. The molecular formula is C13H19N3O4S. The van der Waals surface area contributed by atoms with E-state index in [1.54, 1.807) is 6.07 Å². The van der Waals surface area contributed by atoms with Gasteiger partial charge in [0.1, 0.15) is 0 Å². The van der Waals surface area contributed by atoms with Gasteiger partial charge in [0.05, 0.1) is 15.9 Å². The second-order valence-electron chi connectivity index (χ2n) is 5.07. The van der Waals surface area contributed by atoms with Gasteiger partial charge in [-0.3, -0.25) is 10.1 Å². The standard InChI is InChI=1S/C13H19N3O4S/c1-2-14-10-6-11(8-12(7-10)16(17)18)15-9-13-4-3-5-21(13,19)20/h6-8,13-15H,2-5,9H2,1H3. The molecule has 1 fully saturated rings. The third-order valence-corrected chi connectivity index (χ3v) is 5.78. The first-order valence-electron chi connectivity index (χ1n) is 6.91. The van der Waals surface area contributed by atoms with Gasteiger partial charge in [-0.15, -0.1) is 0 Å². The van der Waals surface area contributed by atoms with Crippen molar-refractivity contribution >= 4 is 26.9 Å². The summed E-state index contributed by atoms with van der Waals surface area (Å²) in [6.07, 6.45) is 1.33. The fourth-order valence-corrected chi connectivity index (χ4v) is 4.21. The summed E-state index contributed by atoms with van der Waals surface area (Å²) < 4.78 is 23.5. The lowest BCUT2D eigenvalue weighted by atomic mass is 10.2. The van der Waals surface area contributed by atoms with Crippen LogP contribution < -0.4 is 10.6 Å². The summed E-state index contributed by atoms with van der Waals surface area (Å²) >= 11 is 0. The molecule has 2 rings (SSSR count). The first-order chi connectivity index (χ1) is 9.92. The second kappa shape index (κ2) is 6.30. The topological polar surface area (TPSA) is 101 Å². The highest BCUT2D eigenvalue weighted by Gasteiger charge is 2.30. The van der Waals surface area contributed by atoms with Gasteiger partial charge < -0.3 is 10.6 Å². The van der Waals surface area contributed by atoms with E-state index in [1.165, 1.54) is 12.1 Å². The van der Waals surface area contributed by atoms with E-state index in [0.717, 1.165) is 0 Å². The van der Waals surface area contributed by atoms with E-state index < -0.39 is 20.0 Å². The molecule has 1 unspecified atom stereocenters. The summed E-state index contributed by atoms with van der Waals surface area (Å²) in [5.74, 6) is 0.233. The van der Waals surface area contributed by atoms with Crippen molar-refractivity contribution in [1.82, 2.24) is 0 Å². The molecule has 7 nitrogen and oxygen atoms in total. The van der Waals surface area contributed by atoms with Gasteiger partial charge in [-0.05, 0) is 25.8 Å². The van der Waals surface area contributed by atoms with Gasteiger partial charge in [0.2, 0.25) is 0 Å². The number of anilines is 2. The van der Waals surface area contributed by atoms with Crippen molar-refractivity contribution in [3.63, 3.8) is 0 Å². The minimum Gasteiger partial charge on any atom is -0.385 e. The molecule has 1 aliphatic heterocycles. The smallest absolute Gasteiger partial charge is 0.273 e. The van der Waals surface area contributed by atoms with Gasteiger partial charge in [0.15, 0.2) is 9.84 Å². The SMILES string of the molecule is CCNc1cc(NCC2CCCS2(=O)=O)cc([N+](=O)[O-])c1. The van der Waals surface area contributed by atoms with Crippen molar-refractivity contribution in [1.29, 1.82) is 0 Å². The van der Waals surface area contributed by atoms with Crippen LogP contribution in [-0.4, -0.2) is 37.4 Å². The van der Waals surface area contributed by atoms with E-state index in [1.807, 2.05) is 6.92 Å². The van der Waals surface area contributed by atoms with Gasteiger partial charge in [0, 0.05) is 36.6 Å². The number of sulfone groups is 1. The molecule has 21 heavy (non-hydrogen) atoms. The summed E-state index contributed by atoms with van der Waals surface area (Å²) in [7, 11) is -3.02. The van der Waals surface area contributed by atoms with Gasteiger partial charge in [0.25, 0.3) is 5.69 Å². The monoisotopic (exact) mass is 313 g/mol. The Morgan fingerprint density at radius 1 is 1.29 bits per heavy atom. The maximum atomic E-state index is 11.8. The maximum Gasteiger partial charge on any atom is 0.273 e. The van der Waals surface area contributed by atoms with Crippen LogP contribution in [0.1, 0.15) is 19.8 Å². The summed E-state index contributed by atoms with van der Waals surface area (Å²) in [6, 6.07) is 4.63. The number of nitro groups is 1. The van der Waals surface area contributed by atoms with Gasteiger partial charge in [-0.2, -0.15) is 0 Å². The number of nitro benzene ring substituents is 1. The highest BCUT2D eigenvalue weighted by atomic mass is 32.2. The van der Waals surface area contributed by atoms with Crippen LogP contribution in [0.3, 0.4) is 0 Å². The Kier molecular flexibility index (Phi) is 4.66. The molecule has 0 bridgehead atoms. The molecule has 1 aliphatic rings. The predicted octanol–water partition coefficient (Wildman–Crippen LogP) is 2.02. The van der Waals surface area contributed by atoms with Crippen LogP contribution in [0.25, 0.3) is 0 Å². The van der Waals surface area contributed by atoms with E-state index in [4.69, 9.17) is 0 Å². The average molecular weight is 313 g/mol. The molecule has 116 valence electrons. The number of nitrogens with one attached hydrogen (secondary N) is 2. The number of hydrogen-bond acceptors (Lipinski definition) is 6. The molecular weight excluding hydrogens is 294 g/mol. The Hall–Kier alpha value is -1.83. The maximum absolute atomic E-state index is 11.8.